The van der Waals surface area contributed by atoms with Gasteiger partial charge in [0, 0.05) is 6.61 Å². The number of nitrogens with one attached hydrogen (secondary N) is 1. The van der Waals surface area contributed by atoms with Crippen molar-refractivity contribution in [1.29, 1.82) is 0 Å². The summed E-state index contributed by atoms with van der Waals surface area (Å²) in [6, 6.07) is 0. The number of hydrogen-bond acceptors (Lipinski definition) is 3. The molecular weight excluding hydrogens is 182 g/mol. The molecule has 0 aromatic carbocycles. The van der Waals surface area contributed by atoms with Crippen LogP contribution in [0.2, 0.25) is 0 Å². The van der Waals surface area contributed by atoms with Crippen LogP contribution in [0.25, 0.3) is 0 Å². The summed E-state index contributed by atoms with van der Waals surface area (Å²) in [5.41, 5.74) is 0. The van der Waals surface area contributed by atoms with E-state index < -0.39 is 5.91 Å². The minimum absolute atomic E-state index is 0.153. The number of hydrogen-bond donors (Lipinski definition) is 2. The van der Waals surface area contributed by atoms with E-state index in [-0.39, 0.29) is 12.5 Å². The number of carbonyl (C=O) groups excluding carboxylic acids is 1. The number of unbranched alkanes of at least 4 members (excludes halogenated alkanes) is 1. The SMILES string of the molecule is CCC=C(O)C(=O)NCOCCCC. The lowest BCUT2D eigenvalue weighted by Gasteiger charge is -2.05. The third-order valence-electron chi connectivity index (χ3n) is 1.61. The molecule has 0 radical (unpaired) electrons. The Hall–Kier alpha value is -1.03. The Labute approximate surface area is 85.0 Å². The maximum Gasteiger partial charge on any atom is 0.287 e. The average molecular weight is 201 g/mol. The van der Waals surface area contributed by atoms with E-state index >= 15 is 0 Å². The highest BCUT2D eigenvalue weighted by Gasteiger charge is 2.04. The first-order valence-electron chi connectivity index (χ1n) is 4.97. The number of amides is 1. The Morgan fingerprint density at radius 1 is 1.50 bits per heavy atom. The summed E-state index contributed by atoms with van der Waals surface area (Å²) in [5.74, 6) is -0.727. The van der Waals surface area contributed by atoms with Crippen LogP contribution in [0, 0.1) is 0 Å². The van der Waals surface area contributed by atoms with Gasteiger partial charge in [-0.25, -0.2) is 0 Å². The van der Waals surface area contributed by atoms with Crippen LogP contribution in [-0.2, 0) is 9.53 Å². The van der Waals surface area contributed by atoms with Crippen LogP contribution in [0.3, 0.4) is 0 Å². The second kappa shape index (κ2) is 8.56. The summed E-state index contributed by atoms with van der Waals surface area (Å²) >= 11 is 0. The lowest BCUT2D eigenvalue weighted by Crippen LogP contribution is -2.27. The molecule has 82 valence electrons. The van der Waals surface area contributed by atoms with Gasteiger partial charge in [-0.2, -0.15) is 0 Å². The molecule has 0 aliphatic heterocycles. The summed E-state index contributed by atoms with van der Waals surface area (Å²) in [5, 5.41) is 11.6. The molecule has 0 unspecified atom stereocenters. The van der Waals surface area contributed by atoms with Crippen LogP contribution >= 0.6 is 0 Å². The second-order valence-corrected chi connectivity index (χ2v) is 2.91. The van der Waals surface area contributed by atoms with E-state index in [4.69, 9.17) is 9.84 Å². The lowest BCUT2D eigenvalue weighted by atomic mass is 10.3. The number of ether oxygens (including phenoxy) is 1. The molecule has 14 heavy (non-hydrogen) atoms. The van der Waals surface area contributed by atoms with Gasteiger partial charge in [-0.1, -0.05) is 20.3 Å². The quantitative estimate of drug-likeness (QED) is 0.285. The number of aliphatic hydroxyl groups excluding tert-OH is 1. The Bertz CT molecular complexity index is 190. The van der Waals surface area contributed by atoms with E-state index in [0.717, 1.165) is 12.8 Å². The predicted molar refractivity (Wildman–Crippen MR) is 54.9 cm³/mol. The van der Waals surface area contributed by atoms with Crippen molar-refractivity contribution in [1.82, 2.24) is 5.32 Å². The molecule has 4 heteroatoms. The molecule has 0 saturated heterocycles. The van der Waals surface area contributed by atoms with Crippen LogP contribution in [0.4, 0.5) is 0 Å². The molecule has 0 aromatic rings. The van der Waals surface area contributed by atoms with Crippen LogP contribution in [0.15, 0.2) is 11.8 Å². The van der Waals surface area contributed by atoms with Crippen molar-refractivity contribution in [3.05, 3.63) is 11.8 Å². The lowest BCUT2D eigenvalue weighted by molar-refractivity contribution is -0.121. The molecule has 0 aromatic heterocycles. The topological polar surface area (TPSA) is 58.6 Å². The number of carbonyl (C=O) groups is 1. The van der Waals surface area contributed by atoms with E-state index in [1.165, 1.54) is 6.08 Å². The van der Waals surface area contributed by atoms with Crippen molar-refractivity contribution in [3.8, 4) is 0 Å². The van der Waals surface area contributed by atoms with Crippen molar-refractivity contribution in [2.75, 3.05) is 13.3 Å². The first-order chi connectivity index (χ1) is 6.72. The van der Waals surface area contributed by atoms with Gasteiger partial charge in [-0.05, 0) is 18.9 Å². The monoisotopic (exact) mass is 201 g/mol. The van der Waals surface area contributed by atoms with E-state index in [0.29, 0.717) is 13.0 Å². The Balaban J connectivity index is 3.49. The zero-order chi connectivity index (χ0) is 10.8. The summed E-state index contributed by atoms with van der Waals surface area (Å²) in [4.78, 5) is 11.1. The average Bonchev–Trinajstić information content (AvgIpc) is 2.17. The van der Waals surface area contributed by atoms with Crippen molar-refractivity contribution in [2.45, 2.75) is 33.1 Å². The molecule has 4 nitrogen and oxygen atoms in total. The van der Waals surface area contributed by atoms with E-state index in [1.807, 2.05) is 6.92 Å². The van der Waals surface area contributed by atoms with Gasteiger partial charge in [0.15, 0.2) is 5.76 Å². The van der Waals surface area contributed by atoms with E-state index in [9.17, 15) is 4.79 Å². The zero-order valence-electron chi connectivity index (χ0n) is 8.88. The molecule has 0 saturated carbocycles. The summed E-state index contributed by atoms with van der Waals surface area (Å²) < 4.78 is 5.10. The summed E-state index contributed by atoms with van der Waals surface area (Å²) in [7, 11) is 0. The van der Waals surface area contributed by atoms with Gasteiger partial charge in [0.1, 0.15) is 6.73 Å². The Morgan fingerprint density at radius 2 is 2.21 bits per heavy atom. The molecule has 0 fully saturated rings. The fraction of sp³-hybridized carbons (Fsp3) is 0.700. The molecule has 1 amide bonds. The van der Waals surface area contributed by atoms with Crippen LogP contribution < -0.4 is 5.32 Å². The smallest absolute Gasteiger partial charge is 0.287 e. The molecule has 0 atom stereocenters. The minimum atomic E-state index is -0.483. The van der Waals surface area contributed by atoms with Crippen LogP contribution in [0.5, 0.6) is 0 Å². The Morgan fingerprint density at radius 3 is 2.79 bits per heavy atom. The third-order valence-corrected chi connectivity index (χ3v) is 1.61. The molecule has 0 spiro atoms. The van der Waals surface area contributed by atoms with Gasteiger partial charge in [0.25, 0.3) is 5.91 Å². The fourth-order valence-corrected chi connectivity index (χ4v) is 0.812. The second-order valence-electron chi connectivity index (χ2n) is 2.91. The largest absolute Gasteiger partial charge is 0.503 e. The minimum Gasteiger partial charge on any atom is -0.503 e. The zero-order valence-corrected chi connectivity index (χ0v) is 8.88. The summed E-state index contributed by atoms with van der Waals surface area (Å²) in [6.45, 7) is 4.70. The molecule has 0 rings (SSSR count). The normalized spacial score (nSPS) is 11.4. The van der Waals surface area contributed by atoms with Gasteiger partial charge in [-0.3, -0.25) is 4.79 Å². The first kappa shape index (κ1) is 13.0. The highest BCUT2D eigenvalue weighted by Crippen LogP contribution is 1.91. The van der Waals surface area contributed by atoms with E-state index in [2.05, 4.69) is 12.2 Å². The molecule has 2 N–H and O–H groups in total. The van der Waals surface area contributed by atoms with Crippen molar-refractivity contribution in [2.24, 2.45) is 0 Å². The highest BCUT2D eigenvalue weighted by atomic mass is 16.5. The van der Waals surface area contributed by atoms with Crippen LogP contribution in [0.1, 0.15) is 33.1 Å². The summed E-state index contributed by atoms with van der Waals surface area (Å²) in [6.07, 6.45) is 4.14. The first-order valence-corrected chi connectivity index (χ1v) is 4.97. The third kappa shape index (κ3) is 6.48. The standard InChI is InChI=1S/C10H19NO3/c1-3-5-7-14-8-11-10(13)9(12)6-4-2/h6,12H,3-5,7-8H2,1-2H3,(H,11,13). The van der Waals surface area contributed by atoms with Crippen molar-refractivity contribution in [3.63, 3.8) is 0 Å². The molecule has 0 heterocycles. The number of allylic oxidation sites excluding steroid dienone is 1. The van der Waals surface area contributed by atoms with E-state index in [1.54, 1.807) is 0 Å². The van der Waals surface area contributed by atoms with Crippen LogP contribution in [-0.4, -0.2) is 24.4 Å². The number of aliphatic hydroxyl groups is 1. The van der Waals surface area contributed by atoms with Gasteiger partial charge >= 0.3 is 0 Å². The van der Waals surface area contributed by atoms with Crippen molar-refractivity contribution >= 4 is 5.91 Å². The highest BCUT2D eigenvalue weighted by molar-refractivity contribution is 5.90. The fourth-order valence-electron chi connectivity index (χ4n) is 0.812. The molecule has 0 bridgehead atoms. The predicted octanol–water partition coefficient (Wildman–Crippen LogP) is 1.73. The van der Waals surface area contributed by atoms with Gasteiger partial charge < -0.3 is 15.2 Å². The molecular formula is C10H19NO3. The van der Waals surface area contributed by atoms with Crippen molar-refractivity contribution < 1.29 is 14.6 Å². The van der Waals surface area contributed by atoms with Gasteiger partial charge in [0.2, 0.25) is 0 Å². The molecule has 0 aliphatic rings. The molecule has 0 aliphatic carbocycles. The maximum atomic E-state index is 11.1. The Kier molecular flexibility index (Phi) is 7.93. The van der Waals surface area contributed by atoms with Gasteiger partial charge in [-0.15, -0.1) is 0 Å². The number of rotatable bonds is 7. The van der Waals surface area contributed by atoms with Gasteiger partial charge in [0.05, 0.1) is 0 Å². The maximum absolute atomic E-state index is 11.1.